The summed E-state index contributed by atoms with van der Waals surface area (Å²) in [6.07, 6.45) is 4.29. The van der Waals surface area contributed by atoms with Crippen LogP contribution in [0.4, 0.5) is 10.2 Å². The molecule has 0 fully saturated rings. The van der Waals surface area contributed by atoms with Gasteiger partial charge in [-0.2, -0.15) is 0 Å². The largest absolute Gasteiger partial charge is 0.369 e. The lowest BCUT2D eigenvalue weighted by Gasteiger charge is -2.06. The molecule has 1 aromatic carbocycles. The fourth-order valence-electron chi connectivity index (χ4n) is 1.51. The Morgan fingerprint density at radius 1 is 1.28 bits per heavy atom. The van der Waals surface area contributed by atoms with Gasteiger partial charge in [-0.05, 0) is 24.6 Å². The van der Waals surface area contributed by atoms with Crippen LogP contribution in [0.15, 0.2) is 30.6 Å². The molecule has 1 heterocycles. The zero-order chi connectivity index (χ0) is 13.0. The van der Waals surface area contributed by atoms with Gasteiger partial charge in [-0.15, -0.1) is 0 Å². The number of aromatic nitrogens is 2. The first-order chi connectivity index (χ1) is 8.70. The highest BCUT2D eigenvalue weighted by atomic mass is 35.5. The SMILES string of the molecule is CCCNc1cnc(-c2ccc(F)cc2Cl)cn1. The highest BCUT2D eigenvalue weighted by Gasteiger charge is 2.06. The van der Waals surface area contributed by atoms with Crippen molar-refractivity contribution in [3.05, 3.63) is 41.4 Å². The maximum absolute atomic E-state index is 12.9. The molecule has 0 radical (unpaired) electrons. The lowest BCUT2D eigenvalue weighted by atomic mass is 10.1. The number of nitrogens with one attached hydrogen (secondary N) is 1. The number of benzene rings is 1. The molecule has 0 bridgehead atoms. The third-order valence-electron chi connectivity index (χ3n) is 2.42. The van der Waals surface area contributed by atoms with Crippen molar-refractivity contribution in [1.29, 1.82) is 0 Å². The fourth-order valence-corrected chi connectivity index (χ4v) is 1.77. The number of hydrogen-bond acceptors (Lipinski definition) is 3. The third-order valence-corrected chi connectivity index (χ3v) is 2.73. The topological polar surface area (TPSA) is 37.8 Å². The Hall–Kier alpha value is -1.68. The summed E-state index contributed by atoms with van der Waals surface area (Å²) in [5.41, 5.74) is 1.30. The molecular weight excluding hydrogens is 253 g/mol. The smallest absolute Gasteiger partial charge is 0.144 e. The molecule has 0 spiro atoms. The Kier molecular flexibility index (Phi) is 4.10. The van der Waals surface area contributed by atoms with E-state index in [9.17, 15) is 4.39 Å². The van der Waals surface area contributed by atoms with E-state index in [4.69, 9.17) is 11.6 Å². The van der Waals surface area contributed by atoms with Crippen molar-refractivity contribution in [1.82, 2.24) is 9.97 Å². The molecule has 0 aliphatic carbocycles. The van der Waals surface area contributed by atoms with Gasteiger partial charge in [0.25, 0.3) is 0 Å². The van der Waals surface area contributed by atoms with E-state index in [1.807, 2.05) is 0 Å². The molecular formula is C13H13ClFN3. The molecule has 2 aromatic rings. The molecule has 0 saturated heterocycles. The van der Waals surface area contributed by atoms with Crippen molar-refractivity contribution in [3.8, 4) is 11.3 Å². The van der Waals surface area contributed by atoms with E-state index in [-0.39, 0.29) is 5.82 Å². The number of anilines is 1. The van der Waals surface area contributed by atoms with Crippen LogP contribution in [0.3, 0.4) is 0 Å². The summed E-state index contributed by atoms with van der Waals surface area (Å²) < 4.78 is 12.9. The molecule has 1 aromatic heterocycles. The lowest BCUT2D eigenvalue weighted by Crippen LogP contribution is -2.02. The molecule has 5 heteroatoms. The molecule has 0 aliphatic heterocycles. The second kappa shape index (κ2) is 5.78. The standard InChI is InChI=1S/C13H13ClFN3/c1-2-5-16-13-8-17-12(7-18-13)10-4-3-9(15)6-11(10)14/h3-4,6-8H,2,5H2,1H3,(H,16,18). The van der Waals surface area contributed by atoms with Crippen molar-refractivity contribution < 1.29 is 4.39 Å². The summed E-state index contributed by atoms with van der Waals surface area (Å²) in [4.78, 5) is 8.49. The zero-order valence-electron chi connectivity index (χ0n) is 9.95. The van der Waals surface area contributed by atoms with Gasteiger partial charge in [0.15, 0.2) is 0 Å². The first-order valence-corrected chi connectivity index (χ1v) is 6.10. The van der Waals surface area contributed by atoms with Gasteiger partial charge >= 0.3 is 0 Å². The van der Waals surface area contributed by atoms with Crippen LogP contribution in [-0.4, -0.2) is 16.5 Å². The van der Waals surface area contributed by atoms with Crippen LogP contribution in [-0.2, 0) is 0 Å². The predicted octanol–water partition coefficient (Wildman–Crippen LogP) is 3.76. The summed E-state index contributed by atoms with van der Waals surface area (Å²) in [6.45, 7) is 2.93. The highest BCUT2D eigenvalue weighted by Crippen LogP contribution is 2.26. The predicted molar refractivity (Wildman–Crippen MR) is 71.2 cm³/mol. The second-order valence-corrected chi connectivity index (χ2v) is 4.25. The summed E-state index contributed by atoms with van der Waals surface area (Å²) in [5, 5.41) is 3.46. The number of hydrogen-bond donors (Lipinski definition) is 1. The first-order valence-electron chi connectivity index (χ1n) is 5.72. The molecule has 1 N–H and O–H groups in total. The Bertz CT molecular complexity index is 528. The Balaban J connectivity index is 2.23. The molecule has 18 heavy (non-hydrogen) atoms. The summed E-state index contributed by atoms with van der Waals surface area (Å²) in [5.74, 6) is 0.358. The molecule has 0 unspecified atom stereocenters. The van der Waals surface area contributed by atoms with Crippen LogP contribution in [0, 0.1) is 5.82 Å². The molecule has 0 amide bonds. The number of nitrogens with zero attached hydrogens (tertiary/aromatic N) is 2. The van der Waals surface area contributed by atoms with Crippen molar-refractivity contribution in [3.63, 3.8) is 0 Å². The van der Waals surface area contributed by atoms with Gasteiger partial charge < -0.3 is 5.32 Å². The van der Waals surface area contributed by atoms with Crippen LogP contribution in [0.2, 0.25) is 5.02 Å². The minimum atomic E-state index is -0.363. The van der Waals surface area contributed by atoms with Crippen molar-refractivity contribution in [2.75, 3.05) is 11.9 Å². The molecule has 3 nitrogen and oxygen atoms in total. The van der Waals surface area contributed by atoms with Gasteiger partial charge in [0.05, 0.1) is 23.1 Å². The van der Waals surface area contributed by atoms with Crippen LogP contribution in [0.5, 0.6) is 0 Å². The van der Waals surface area contributed by atoms with E-state index in [0.29, 0.717) is 16.3 Å². The Morgan fingerprint density at radius 2 is 2.11 bits per heavy atom. The number of halogens is 2. The summed E-state index contributed by atoms with van der Waals surface area (Å²) >= 11 is 5.96. The maximum atomic E-state index is 12.9. The molecule has 2 rings (SSSR count). The van der Waals surface area contributed by atoms with Crippen LogP contribution in [0.1, 0.15) is 13.3 Å². The normalized spacial score (nSPS) is 10.4. The van der Waals surface area contributed by atoms with Crippen LogP contribution in [0.25, 0.3) is 11.3 Å². The third kappa shape index (κ3) is 2.96. The van der Waals surface area contributed by atoms with Gasteiger partial charge in [-0.1, -0.05) is 18.5 Å². The summed E-state index contributed by atoms with van der Waals surface area (Å²) in [7, 11) is 0. The van der Waals surface area contributed by atoms with E-state index in [2.05, 4.69) is 22.2 Å². The first kappa shape index (κ1) is 12.8. The lowest BCUT2D eigenvalue weighted by molar-refractivity contribution is 0.628. The van der Waals surface area contributed by atoms with Gasteiger partial charge in [-0.3, -0.25) is 4.98 Å². The van der Waals surface area contributed by atoms with Crippen molar-refractivity contribution >= 4 is 17.4 Å². The molecule has 0 atom stereocenters. The van der Waals surface area contributed by atoms with Crippen LogP contribution < -0.4 is 5.32 Å². The van der Waals surface area contributed by atoms with E-state index in [1.165, 1.54) is 12.1 Å². The van der Waals surface area contributed by atoms with E-state index >= 15 is 0 Å². The maximum Gasteiger partial charge on any atom is 0.144 e. The molecule has 94 valence electrons. The monoisotopic (exact) mass is 265 g/mol. The van der Waals surface area contributed by atoms with Crippen LogP contribution >= 0.6 is 11.6 Å². The number of rotatable bonds is 4. The average Bonchev–Trinajstić information content (AvgIpc) is 2.37. The minimum absolute atomic E-state index is 0.332. The quantitative estimate of drug-likeness (QED) is 0.915. The van der Waals surface area contributed by atoms with Gasteiger partial charge in [0.1, 0.15) is 11.6 Å². The minimum Gasteiger partial charge on any atom is -0.369 e. The van der Waals surface area contributed by atoms with Gasteiger partial charge in [-0.25, -0.2) is 9.37 Å². The highest BCUT2D eigenvalue weighted by molar-refractivity contribution is 6.33. The van der Waals surface area contributed by atoms with E-state index in [1.54, 1.807) is 18.5 Å². The Labute approximate surface area is 110 Å². The Morgan fingerprint density at radius 3 is 2.72 bits per heavy atom. The second-order valence-electron chi connectivity index (χ2n) is 3.84. The molecule has 0 aliphatic rings. The van der Waals surface area contributed by atoms with Gasteiger partial charge in [0, 0.05) is 12.1 Å². The van der Waals surface area contributed by atoms with E-state index < -0.39 is 0 Å². The fraction of sp³-hybridized carbons (Fsp3) is 0.231. The average molecular weight is 266 g/mol. The summed E-state index contributed by atoms with van der Waals surface area (Å²) in [6, 6.07) is 4.22. The molecule has 0 saturated carbocycles. The van der Waals surface area contributed by atoms with Gasteiger partial charge in [0.2, 0.25) is 0 Å². The van der Waals surface area contributed by atoms with Crippen molar-refractivity contribution in [2.45, 2.75) is 13.3 Å². The zero-order valence-corrected chi connectivity index (χ0v) is 10.7. The van der Waals surface area contributed by atoms with Crippen molar-refractivity contribution in [2.24, 2.45) is 0 Å². The van der Waals surface area contributed by atoms with E-state index in [0.717, 1.165) is 18.8 Å².